The second kappa shape index (κ2) is 6.45. The number of carbonyl (C=O) groups is 2. The molecule has 1 aliphatic heterocycles. The van der Waals surface area contributed by atoms with Gasteiger partial charge in [-0.1, -0.05) is 11.6 Å². The summed E-state index contributed by atoms with van der Waals surface area (Å²) in [5, 5.41) is 9.00. The summed E-state index contributed by atoms with van der Waals surface area (Å²) in [7, 11) is 1.54. The molecule has 21 heavy (non-hydrogen) atoms. The minimum absolute atomic E-state index is 0.0904. The first kappa shape index (κ1) is 15.8. The molecule has 1 fully saturated rings. The molecule has 3 N–H and O–H groups in total. The smallest absolute Gasteiger partial charge is 0.252 e. The molecule has 1 atom stereocenters. The molecule has 1 heterocycles. The van der Waals surface area contributed by atoms with Crippen molar-refractivity contribution >= 4 is 29.1 Å². The standard InChI is InChI=1S/C15H20ClN3O2/c1-15(7-3-4-8-18-15)14(21)19-10-5-6-12(16)11(9-10)13(20)17-2/h5-6,9,18H,3-4,7-8H2,1-2H3,(H,17,20)(H,19,21). The molecule has 1 saturated heterocycles. The highest BCUT2D eigenvalue weighted by molar-refractivity contribution is 6.34. The number of benzene rings is 1. The lowest BCUT2D eigenvalue weighted by Crippen LogP contribution is -2.54. The van der Waals surface area contributed by atoms with Crippen molar-refractivity contribution in [3.8, 4) is 0 Å². The predicted molar refractivity (Wildman–Crippen MR) is 83.7 cm³/mol. The Bertz CT molecular complexity index is 554. The van der Waals surface area contributed by atoms with Gasteiger partial charge in [-0.3, -0.25) is 9.59 Å². The highest BCUT2D eigenvalue weighted by atomic mass is 35.5. The minimum Gasteiger partial charge on any atom is -0.355 e. The van der Waals surface area contributed by atoms with Gasteiger partial charge in [0.15, 0.2) is 0 Å². The third-order valence-corrected chi connectivity index (χ3v) is 4.15. The van der Waals surface area contributed by atoms with E-state index < -0.39 is 5.54 Å². The van der Waals surface area contributed by atoms with Crippen molar-refractivity contribution in [2.24, 2.45) is 0 Å². The van der Waals surface area contributed by atoms with Crippen LogP contribution in [0.5, 0.6) is 0 Å². The molecule has 1 unspecified atom stereocenters. The van der Waals surface area contributed by atoms with Crippen LogP contribution in [0.25, 0.3) is 0 Å². The number of rotatable bonds is 3. The van der Waals surface area contributed by atoms with Gasteiger partial charge in [0.25, 0.3) is 5.91 Å². The van der Waals surface area contributed by atoms with E-state index in [4.69, 9.17) is 11.6 Å². The number of hydrogen-bond acceptors (Lipinski definition) is 3. The highest BCUT2D eigenvalue weighted by Crippen LogP contribution is 2.24. The maximum atomic E-state index is 12.4. The first-order valence-corrected chi connectivity index (χ1v) is 7.42. The second-order valence-electron chi connectivity index (χ2n) is 5.44. The lowest BCUT2D eigenvalue weighted by atomic mass is 9.90. The average Bonchev–Trinajstić information content (AvgIpc) is 2.49. The summed E-state index contributed by atoms with van der Waals surface area (Å²) in [6, 6.07) is 4.89. The normalized spacial score (nSPS) is 21.7. The predicted octanol–water partition coefficient (Wildman–Crippen LogP) is 2.17. The van der Waals surface area contributed by atoms with Crippen molar-refractivity contribution in [2.75, 3.05) is 18.9 Å². The van der Waals surface area contributed by atoms with E-state index in [1.165, 1.54) is 7.05 Å². The van der Waals surface area contributed by atoms with E-state index in [0.717, 1.165) is 25.8 Å². The summed E-state index contributed by atoms with van der Waals surface area (Å²) in [6.07, 6.45) is 2.92. The third kappa shape index (κ3) is 3.54. The summed E-state index contributed by atoms with van der Waals surface area (Å²) in [4.78, 5) is 24.1. The van der Waals surface area contributed by atoms with Gasteiger partial charge in [0.1, 0.15) is 0 Å². The van der Waals surface area contributed by atoms with Crippen molar-refractivity contribution in [1.82, 2.24) is 10.6 Å². The molecular formula is C15H20ClN3O2. The topological polar surface area (TPSA) is 70.2 Å². The Morgan fingerprint density at radius 2 is 2.10 bits per heavy atom. The Hall–Kier alpha value is -1.59. The zero-order chi connectivity index (χ0) is 15.5. The van der Waals surface area contributed by atoms with Crippen molar-refractivity contribution in [1.29, 1.82) is 0 Å². The number of nitrogens with one attached hydrogen (secondary N) is 3. The summed E-state index contributed by atoms with van der Waals surface area (Å²) < 4.78 is 0. The molecule has 1 aromatic rings. The van der Waals surface area contributed by atoms with Crippen LogP contribution in [0.15, 0.2) is 18.2 Å². The fraction of sp³-hybridized carbons (Fsp3) is 0.467. The SMILES string of the molecule is CNC(=O)c1cc(NC(=O)C2(C)CCCCN2)ccc1Cl. The molecule has 6 heteroatoms. The highest BCUT2D eigenvalue weighted by Gasteiger charge is 2.34. The molecule has 0 bridgehead atoms. The third-order valence-electron chi connectivity index (χ3n) is 3.82. The van der Waals surface area contributed by atoms with Gasteiger partial charge in [-0.2, -0.15) is 0 Å². The molecule has 0 aromatic heterocycles. The molecule has 2 amide bonds. The molecule has 0 aliphatic carbocycles. The van der Waals surface area contributed by atoms with Gasteiger partial charge < -0.3 is 16.0 Å². The van der Waals surface area contributed by atoms with E-state index in [1.54, 1.807) is 18.2 Å². The Morgan fingerprint density at radius 3 is 2.71 bits per heavy atom. The molecule has 0 radical (unpaired) electrons. The van der Waals surface area contributed by atoms with Crippen molar-refractivity contribution in [3.63, 3.8) is 0 Å². The van der Waals surface area contributed by atoms with Gasteiger partial charge in [-0.05, 0) is 50.9 Å². The number of carbonyl (C=O) groups excluding carboxylic acids is 2. The van der Waals surface area contributed by atoms with E-state index in [1.807, 2.05) is 6.92 Å². The van der Waals surface area contributed by atoms with Crippen LogP contribution >= 0.6 is 11.6 Å². The summed E-state index contributed by atoms with van der Waals surface area (Å²) in [5.74, 6) is -0.370. The molecule has 0 saturated carbocycles. The second-order valence-corrected chi connectivity index (χ2v) is 5.85. The molecule has 2 rings (SSSR count). The van der Waals surface area contributed by atoms with Crippen molar-refractivity contribution in [3.05, 3.63) is 28.8 Å². The van der Waals surface area contributed by atoms with Crippen LogP contribution in [0, 0.1) is 0 Å². The number of halogens is 1. The zero-order valence-corrected chi connectivity index (χ0v) is 13.0. The van der Waals surface area contributed by atoms with Gasteiger partial charge in [0.05, 0.1) is 16.1 Å². The largest absolute Gasteiger partial charge is 0.355 e. The summed E-state index contributed by atoms with van der Waals surface area (Å²) in [5.41, 5.74) is 0.348. The lowest BCUT2D eigenvalue weighted by molar-refractivity contribution is -0.122. The first-order valence-electron chi connectivity index (χ1n) is 7.04. The fourth-order valence-electron chi connectivity index (χ4n) is 2.43. The fourth-order valence-corrected chi connectivity index (χ4v) is 2.63. The molecule has 1 aliphatic rings. The Kier molecular flexibility index (Phi) is 4.85. The average molecular weight is 310 g/mol. The molecule has 5 nitrogen and oxygen atoms in total. The number of amides is 2. The van der Waals surface area contributed by atoms with Gasteiger partial charge in [0.2, 0.25) is 5.91 Å². The van der Waals surface area contributed by atoms with Crippen molar-refractivity contribution in [2.45, 2.75) is 31.7 Å². The maximum absolute atomic E-state index is 12.4. The van der Waals surface area contributed by atoms with E-state index in [0.29, 0.717) is 16.3 Å². The maximum Gasteiger partial charge on any atom is 0.252 e. The van der Waals surface area contributed by atoms with E-state index in [-0.39, 0.29) is 11.8 Å². The summed E-state index contributed by atoms with van der Waals surface area (Å²) in [6.45, 7) is 2.74. The van der Waals surface area contributed by atoms with E-state index >= 15 is 0 Å². The van der Waals surface area contributed by atoms with Gasteiger partial charge in [-0.25, -0.2) is 0 Å². The van der Waals surface area contributed by atoms with Crippen LogP contribution < -0.4 is 16.0 Å². The van der Waals surface area contributed by atoms with Crippen LogP contribution in [0.3, 0.4) is 0 Å². The number of piperidine rings is 1. The monoisotopic (exact) mass is 309 g/mol. The van der Waals surface area contributed by atoms with Crippen molar-refractivity contribution < 1.29 is 9.59 Å². The number of anilines is 1. The van der Waals surface area contributed by atoms with Gasteiger partial charge in [-0.15, -0.1) is 0 Å². The number of hydrogen-bond donors (Lipinski definition) is 3. The van der Waals surface area contributed by atoms with E-state index in [9.17, 15) is 9.59 Å². The molecule has 1 aromatic carbocycles. The molecule has 114 valence electrons. The first-order chi connectivity index (χ1) is 9.96. The Labute approximate surface area is 129 Å². The van der Waals surface area contributed by atoms with Gasteiger partial charge in [0, 0.05) is 12.7 Å². The Morgan fingerprint density at radius 1 is 1.33 bits per heavy atom. The minimum atomic E-state index is -0.564. The van der Waals surface area contributed by atoms with Crippen LogP contribution in [-0.2, 0) is 4.79 Å². The van der Waals surface area contributed by atoms with Gasteiger partial charge >= 0.3 is 0 Å². The lowest BCUT2D eigenvalue weighted by Gasteiger charge is -2.33. The molecule has 0 spiro atoms. The van der Waals surface area contributed by atoms with Crippen LogP contribution in [0.2, 0.25) is 5.02 Å². The zero-order valence-electron chi connectivity index (χ0n) is 12.3. The molecular weight excluding hydrogens is 290 g/mol. The quantitative estimate of drug-likeness (QED) is 0.801. The van der Waals surface area contributed by atoms with Crippen LogP contribution in [0.1, 0.15) is 36.5 Å². The van der Waals surface area contributed by atoms with Crippen LogP contribution in [-0.4, -0.2) is 30.9 Å². The van der Waals surface area contributed by atoms with Crippen LogP contribution in [0.4, 0.5) is 5.69 Å². The summed E-state index contributed by atoms with van der Waals surface area (Å²) >= 11 is 6.00. The van der Waals surface area contributed by atoms with E-state index in [2.05, 4.69) is 16.0 Å². The Balaban J connectivity index is 2.16.